The van der Waals surface area contributed by atoms with Crippen molar-refractivity contribution in [2.75, 3.05) is 0 Å². The fraction of sp³-hybridized carbons (Fsp3) is 0.111. The zero-order valence-electron chi connectivity index (χ0n) is 12.6. The van der Waals surface area contributed by atoms with E-state index in [0.717, 1.165) is 22.7 Å². The van der Waals surface area contributed by atoms with Gasteiger partial charge in [0.25, 0.3) is 0 Å². The van der Waals surface area contributed by atoms with Crippen LogP contribution in [-0.2, 0) is 0 Å². The van der Waals surface area contributed by atoms with Crippen molar-refractivity contribution in [2.24, 2.45) is 0 Å². The molecule has 0 spiro atoms. The van der Waals surface area contributed by atoms with E-state index < -0.39 is 0 Å². The number of aromatic nitrogens is 1. The molecule has 0 N–H and O–H groups in total. The summed E-state index contributed by atoms with van der Waals surface area (Å²) in [4.78, 5) is 0. The highest BCUT2D eigenvalue weighted by Crippen LogP contribution is 2.37. The summed E-state index contributed by atoms with van der Waals surface area (Å²) >= 11 is 1.09. The third kappa shape index (κ3) is 3.08. The van der Waals surface area contributed by atoms with Gasteiger partial charge >= 0.3 is 0 Å². The van der Waals surface area contributed by atoms with Gasteiger partial charge in [-0.3, -0.25) is 0 Å². The molecule has 0 aliphatic carbocycles. The standard InChI is InChI=1S/C18H13FN2OS/c1-11-6-7-12(2)16(8-11)22-18-15(10-20)17(21-23-18)13-4-3-5-14(19)9-13/h3-9H,1-2H3. The predicted octanol–water partition coefficient (Wildman–Crippen LogP) is 5.23. The van der Waals surface area contributed by atoms with E-state index in [1.54, 1.807) is 12.1 Å². The molecule has 3 rings (SSSR count). The molecule has 0 radical (unpaired) electrons. The van der Waals surface area contributed by atoms with E-state index in [-0.39, 0.29) is 5.82 Å². The van der Waals surface area contributed by atoms with E-state index in [0.29, 0.717) is 27.6 Å². The number of aryl methyl sites for hydroxylation is 2. The molecular weight excluding hydrogens is 311 g/mol. The highest BCUT2D eigenvalue weighted by atomic mass is 32.1. The minimum atomic E-state index is -0.364. The highest BCUT2D eigenvalue weighted by molar-refractivity contribution is 7.08. The highest BCUT2D eigenvalue weighted by Gasteiger charge is 2.18. The van der Waals surface area contributed by atoms with Gasteiger partial charge in [-0.1, -0.05) is 24.3 Å². The first-order valence-electron chi connectivity index (χ1n) is 6.99. The van der Waals surface area contributed by atoms with Crippen molar-refractivity contribution in [3.05, 3.63) is 65.0 Å². The van der Waals surface area contributed by atoms with Gasteiger partial charge in [0.1, 0.15) is 28.9 Å². The Hall–Kier alpha value is -2.71. The molecule has 0 bridgehead atoms. The van der Waals surface area contributed by atoms with E-state index in [1.807, 2.05) is 32.0 Å². The summed E-state index contributed by atoms with van der Waals surface area (Å²) in [5.41, 5.74) is 3.37. The van der Waals surface area contributed by atoms with Crippen LogP contribution in [0.4, 0.5) is 4.39 Å². The maximum atomic E-state index is 13.4. The average molecular weight is 324 g/mol. The van der Waals surface area contributed by atoms with Gasteiger partial charge in [0.05, 0.1) is 0 Å². The lowest BCUT2D eigenvalue weighted by Gasteiger charge is -2.07. The van der Waals surface area contributed by atoms with Gasteiger partial charge in [-0.2, -0.15) is 9.64 Å². The Kier molecular flexibility index (Phi) is 4.09. The quantitative estimate of drug-likeness (QED) is 0.662. The molecule has 0 aliphatic rings. The maximum absolute atomic E-state index is 13.4. The van der Waals surface area contributed by atoms with Crippen LogP contribution in [0.2, 0.25) is 0 Å². The van der Waals surface area contributed by atoms with Crippen LogP contribution in [-0.4, -0.2) is 4.37 Å². The number of nitrogens with zero attached hydrogens (tertiary/aromatic N) is 2. The van der Waals surface area contributed by atoms with E-state index in [4.69, 9.17) is 4.74 Å². The van der Waals surface area contributed by atoms with Gasteiger partial charge in [-0.05, 0) is 43.2 Å². The Labute approximate surface area is 137 Å². The zero-order valence-corrected chi connectivity index (χ0v) is 13.4. The third-order valence-electron chi connectivity index (χ3n) is 3.42. The maximum Gasteiger partial charge on any atom is 0.218 e. The molecule has 0 saturated carbocycles. The predicted molar refractivity (Wildman–Crippen MR) is 88.2 cm³/mol. The van der Waals surface area contributed by atoms with Crippen LogP contribution in [0.15, 0.2) is 42.5 Å². The van der Waals surface area contributed by atoms with Crippen molar-refractivity contribution in [2.45, 2.75) is 13.8 Å². The average Bonchev–Trinajstić information content (AvgIpc) is 2.93. The Morgan fingerprint density at radius 1 is 1.17 bits per heavy atom. The first kappa shape index (κ1) is 15.2. The second-order valence-corrected chi connectivity index (χ2v) is 5.92. The second-order valence-electron chi connectivity index (χ2n) is 5.19. The zero-order chi connectivity index (χ0) is 16.4. The van der Waals surface area contributed by atoms with Crippen molar-refractivity contribution in [3.63, 3.8) is 0 Å². The molecular formula is C18H13FN2OS. The molecule has 0 amide bonds. The molecule has 3 aromatic rings. The number of hydrogen-bond donors (Lipinski definition) is 0. The van der Waals surface area contributed by atoms with Crippen LogP contribution < -0.4 is 4.74 Å². The van der Waals surface area contributed by atoms with Crippen LogP contribution in [0.1, 0.15) is 16.7 Å². The van der Waals surface area contributed by atoms with Crippen LogP contribution >= 0.6 is 11.5 Å². The number of benzene rings is 2. The van der Waals surface area contributed by atoms with Gasteiger partial charge < -0.3 is 4.74 Å². The monoisotopic (exact) mass is 324 g/mol. The summed E-state index contributed by atoms with van der Waals surface area (Å²) in [5.74, 6) is 0.326. The molecule has 114 valence electrons. The molecule has 3 nitrogen and oxygen atoms in total. The summed E-state index contributed by atoms with van der Waals surface area (Å²) in [6.45, 7) is 3.91. The van der Waals surface area contributed by atoms with Gasteiger partial charge in [0, 0.05) is 17.1 Å². The molecule has 1 aromatic heterocycles. The fourth-order valence-corrected chi connectivity index (χ4v) is 2.92. The van der Waals surface area contributed by atoms with Crippen molar-refractivity contribution in [1.29, 1.82) is 5.26 Å². The third-order valence-corrected chi connectivity index (χ3v) is 4.14. The lowest BCUT2D eigenvalue weighted by Crippen LogP contribution is -1.89. The molecule has 5 heteroatoms. The van der Waals surface area contributed by atoms with Crippen LogP contribution in [0.3, 0.4) is 0 Å². The van der Waals surface area contributed by atoms with Crippen LogP contribution in [0.5, 0.6) is 10.8 Å². The summed E-state index contributed by atoms with van der Waals surface area (Å²) in [6.07, 6.45) is 0. The lowest BCUT2D eigenvalue weighted by molar-refractivity contribution is 0.491. The summed E-state index contributed by atoms with van der Waals surface area (Å²) in [6, 6.07) is 14.0. The smallest absolute Gasteiger partial charge is 0.218 e. The molecule has 0 atom stereocenters. The minimum Gasteiger partial charge on any atom is -0.443 e. The lowest BCUT2D eigenvalue weighted by atomic mass is 10.1. The molecule has 2 aromatic carbocycles. The SMILES string of the molecule is Cc1ccc(C)c(Oc2snc(-c3cccc(F)c3)c2C#N)c1. The summed E-state index contributed by atoms with van der Waals surface area (Å²) in [5, 5.41) is 9.88. The number of halogens is 1. The van der Waals surface area contributed by atoms with E-state index in [9.17, 15) is 9.65 Å². The van der Waals surface area contributed by atoms with Gasteiger partial charge in [-0.25, -0.2) is 4.39 Å². The van der Waals surface area contributed by atoms with E-state index in [1.165, 1.54) is 12.1 Å². The Balaban J connectivity index is 2.02. The number of rotatable bonds is 3. The van der Waals surface area contributed by atoms with Crippen LogP contribution in [0, 0.1) is 31.0 Å². The molecule has 1 heterocycles. The molecule has 0 saturated heterocycles. The molecule has 23 heavy (non-hydrogen) atoms. The first-order chi connectivity index (χ1) is 11.1. The number of ether oxygens (including phenoxy) is 1. The second kappa shape index (κ2) is 6.19. The summed E-state index contributed by atoms with van der Waals surface area (Å²) < 4.78 is 23.6. The van der Waals surface area contributed by atoms with E-state index in [2.05, 4.69) is 10.4 Å². The normalized spacial score (nSPS) is 10.3. The van der Waals surface area contributed by atoms with Gasteiger partial charge in [0.15, 0.2) is 0 Å². The minimum absolute atomic E-state index is 0.321. The van der Waals surface area contributed by atoms with E-state index >= 15 is 0 Å². The fourth-order valence-electron chi connectivity index (χ4n) is 2.19. The number of hydrogen-bond acceptors (Lipinski definition) is 4. The summed E-state index contributed by atoms with van der Waals surface area (Å²) in [7, 11) is 0. The molecule has 0 aliphatic heterocycles. The van der Waals surface area contributed by atoms with Crippen molar-refractivity contribution < 1.29 is 9.13 Å². The first-order valence-corrected chi connectivity index (χ1v) is 7.76. The van der Waals surface area contributed by atoms with Gasteiger partial charge in [0.2, 0.25) is 5.06 Å². The Morgan fingerprint density at radius 2 is 2.00 bits per heavy atom. The molecule has 0 fully saturated rings. The number of nitriles is 1. The largest absolute Gasteiger partial charge is 0.443 e. The van der Waals surface area contributed by atoms with Gasteiger partial charge in [-0.15, -0.1) is 0 Å². The topological polar surface area (TPSA) is 45.9 Å². The van der Waals surface area contributed by atoms with Crippen molar-refractivity contribution >= 4 is 11.5 Å². The van der Waals surface area contributed by atoms with Crippen molar-refractivity contribution in [1.82, 2.24) is 4.37 Å². The Bertz CT molecular complexity index is 912. The Morgan fingerprint density at radius 3 is 2.74 bits per heavy atom. The van der Waals surface area contributed by atoms with Crippen molar-refractivity contribution in [3.8, 4) is 28.1 Å². The molecule has 0 unspecified atom stereocenters. The van der Waals surface area contributed by atoms with Crippen LogP contribution in [0.25, 0.3) is 11.3 Å².